The summed E-state index contributed by atoms with van der Waals surface area (Å²) in [5.74, 6) is 0.144. The minimum atomic E-state index is -0.191. The number of rotatable bonds is 5. The normalized spacial score (nSPS) is 19.1. The summed E-state index contributed by atoms with van der Waals surface area (Å²) in [7, 11) is 0. The van der Waals surface area contributed by atoms with Gasteiger partial charge in [-0.15, -0.1) is 0 Å². The lowest BCUT2D eigenvalue weighted by molar-refractivity contribution is -0.137. The van der Waals surface area contributed by atoms with Crippen molar-refractivity contribution in [1.82, 2.24) is 10.2 Å². The molecule has 1 unspecified atom stereocenters. The highest BCUT2D eigenvalue weighted by molar-refractivity contribution is 5.82. The zero-order valence-corrected chi connectivity index (χ0v) is 11.5. The maximum atomic E-state index is 12.5. The molecule has 19 heavy (non-hydrogen) atoms. The smallest absolute Gasteiger partial charge is 0.242 e. The lowest BCUT2D eigenvalue weighted by atomic mass is 10.1. The van der Waals surface area contributed by atoms with Gasteiger partial charge < -0.3 is 15.0 Å². The van der Waals surface area contributed by atoms with Gasteiger partial charge >= 0.3 is 0 Å². The molecule has 1 saturated heterocycles. The fraction of sp³-hybridized carbons (Fsp3) is 0.533. The van der Waals surface area contributed by atoms with Crippen LogP contribution in [0.5, 0.6) is 0 Å². The second-order valence-corrected chi connectivity index (χ2v) is 4.83. The van der Waals surface area contributed by atoms with Crippen LogP contribution >= 0.6 is 0 Å². The Hall–Kier alpha value is -1.39. The Morgan fingerprint density at radius 1 is 1.42 bits per heavy atom. The van der Waals surface area contributed by atoms with E-state index in [1.165, 1.54) is 5.56 Å². The van der Waals surface area contributed by atoms with Crippen molar-refractivity contribution in [2.75, 3.05) is 26.3 Å². The minimum Gasteiger partial charge on any atom is -0.378 e. The largest absolute Gasteiger partial charge is 0.378 e. The molecule has 0 saturated carbocycles. The monoisotopic (exact) mass is 262 g/mol. The van der Waals surface area contributed by atoms with E-state index >= 15 is 0 Å². The van der Waals surface area contributed by atoms with Crippen LogP contribution in [0.25, 0.3) is 0 Å². The molecule has 1 heterocycles. The number of carbonyl (C=O) groups is 1. The van der Waals surface area contributed by atoms with E-state index in [1.54, 1.807) is 0 Å². The molecular formula is C15H22N2O2. The van der Waals surface area contributed by atoms with E-state index in [9.17, 15) is 4.79 Å². The molecule has 2 rings (SSSR count). The highest BCUT2D eigenvalue weighted by Crippen LogP contribution is 2.08. The number of hydrogen-bond acceptors (Lipinski definition) is 3. The first-order valence-corrected chi connectivity index (χ1v) is 6.95. The molecule has 1 atom stereocenters. The molecule has 1 fully saturated rings. The molecular weight excluding hydrogens is 240 g/mol. The van der Waals surface area contributed by atoms with Crippen LogP contribution in [-0.4, -0.2) is 43.2 Å². The van der Waals surface area contributed by atoms with Gasteiger partial charge in [-0.05, 0) is 12.0 Å². The number of morpholine rings is 1. The molecule has 1 aliphatic heterocycles. The van der Waals surface area contributed by atoms with Crippen LogP contribution < -0.4 is 5.32 Å². The summed E-state index contributed by atoms with van der Waals surface area (Å²) in [4.78, 5) is 14.4. The van der Waals surface area contributed by atoms with Crippen LogP contribution in [0, 0.1) is 0 Å². The summed E-state index contributed by atoms with van der Waals surface area (Å²) in [6, 6.07) is 9.93. The molecule has 1 aromatic rings. The van der Waals surface area contributed by atoms with Gasteiger partial charge in [0.2, 0.25) is 5.91 Å². The molecule has 0 spiro atoms. The molecule has 1 N–H and O–H groups in total. The van der Waals surface area contributed by atoms with Gasteiger partial charge in [0, 0.05) is 19.6 Å². The van der Waals surface area contributed by atoms with Crippen LogP contribution in [0.3, 0.4) is 0 Å². The van der Waals surface area contributed by atoms with Crippen molar-refractivity contribution in [3.63, 3.8) is 0 Å². The highest BCUT2D eigenvalue weighted by Gasteiger charge is 2.25. The zero-order chi connectivity index (χ0) is 13.5. The summed E-state index contributed by atoms with van der Waals surface area (Å²) in [6.07, 6.45) is 0.964. The van der Waals surface area contributed by atoms with E-state index in [0.29, 0.717) is 19.8 Å². The fourth-order valence-electron chi connectivity index (χ4n) is 2.29. The Kier molecular flexibility index (Phi) is 5.36. The quantitative estimate of drug-likeness (QED) is 0.872. The van der Waals surface area contributed by atoms with E-state index in [0.717, 1.165) is 19.5 Å². The number of nitrogens with zero attached hydrogens (tertiary/aromatic N) is 1. The van der Waals surface area contributed by atoms with Gasteiger partial charge in [-0.3, -0.25) is 4.79 Å². The van der Waals surface area contributed by atoms with Gasteiger partial charge in [0.15, 0.2) is 0 Å². The van der Waals surface area contributed by atoms with Gasteiger partial charge in [-0.25, -0.2) is 0 Å². The molecule has 104 valence electrons. The molecule has 1 aromatic carbocycles. The third-order valence-corrected chi connectivity index (χ3v) is 3.24. The van der Waals surface area contributed by atoms with Crippen LogP contribution in [0.2, 0.25) is 0 Å². The molecule has 1 aliphatic rings. The second-order valence-electron chi connectivity index (χ2n) is 4.83. The van der Waals surface area contributed by atoms with E-state index in [2.05, 4.69) is 24.4 Å². The van der Waals surface area contributed by atoms with E-state index in [4.69, 9.17) is 4.74 Å². The van der Waals surface area contributed by atoms with Crippen molar-refractivity contribution in [3.05, 3.63) is 35.9 Å². The Bertz CT molecular complexity index is 388. The number of carbonyl (C=O) groups excluding carboxylic acids is 1. The summed E-state index contributed by atoms with van der Waals surface area (Å²) in [5, 5.41) is 3.23. The average Bonchev–Trinajstić information content (AvgIpc) is 2.48. The fourth-order valence-corrected chi connectivity index (χ4v) is 2.29. The SMILES string of the molecule is CCCN(Cc1ccccc1)C(=O)C1COCCN1. The molecule has 4 nitrogen and oxygen atoms in total. The first kappa shape index (κ1) is 14.0. The number of benzene rings is 1. The van der Waals surface area contributed by atoms with Crippen LogP contribution in [0.1, 0.15) is 18.9 Å². The summed E-state index contributed by atoms with van der Waals surface area (Å²) < 4.78 is 5.37. The summed E-state index contributed by atoms with van der Waals surface area (Å²) in [6.45, 7) is 5.47. The van der Waals surface area contributed by atoms with Crippen molar-refractivity contribution in [2.45, 2.75) is 25.9 Å². The Morgan fingerprint density at radius 2 is 2.21 bits per heavy atom. The van der Waals surface area contributed by atoms with Crippen molar-refractivity contribution in [3.8, 4) is 0 Å². The van der Waals surface area contributed by atoms with E-state index in [-0.39, 0.29) is 11.9 Å². The topological polar surface area (TPSA) is 41.6 Å². The Labute approximate surface area is 114 Å². The Morgan fingerprint density at radius 3 is 2.84 bits per heavy atom. The maximum Gasteiger partial charge on any atom is 0.242 e. The molecule has 4 heteroatoms. The zero-order valence-electron chi connectivity index (χ0n) is 11.5. The van der Waals surface area contributed by atoms with E-state index < -0.39 is 0 Å². The van der Waals surface area contributed by atoms with Crippen molar-refractivity contribution in [1.29, 1.82) is 0 Å². The van der Waals surface area contributed by atoms with Crippen LogP contribution in [0.15, 0.2) is 30.3 Å². The number of ether oxygens (including phenoxy) is 1. The Balaban J connectivity index is 2.00. The van der Waals surface area contributed by atoms with Gasteiger partial charge in [-0.1, -0.05) is 37.3 Å². The average molecular weight is 262 g/mol. The minimum absolute atomic E-state index is 0.144. The molecule has 0 radical (unpaired) electrons. The van der Waals surface area contributed by atoms with Crippen LogP contribution in [-0.2, 0) is 16.1 Å². The standard InChI is InChI=1S/C15H22N2O2/c1-2-9-17(11-13-6-4-3-5-7-13)15(18)14-12-19-10-8-16-14/h3-7,14,16H,2,8-12H2,1H3. The molecule has 0 bridgehead atoms. The third kappa shape index (κ3) is 4.04. The predicted octanol–water partition coefficient (Wildman–Crippen LogP) is 1.41. The molecule has 0 aromatic heterocycles. The first-order valence-electron chi connectivity index (χ1n) is 6.95. The number of nitrogens with one attached hydrogen (secondary N) is 1. The van der Waals surface area contributed by atoms with Crippen molar-refractivity contribution >= 4 is 5.91 Å². The third-order valence-electron chi connectivity index (χ3n) is 3.24. The van der Waals surface area contributed by atoms with E-state index in [1.807, 2.05) is 23.1 Å². The van der Waals surface area contributed by atoms with Crippen molar-refractivity contribution in [2.24, 2.45) is 0 Å². The summed E-state index contributed by atoms with van der Waals surface area (Å²) in [5.41, 5.74) is 1.17. The lowest BCUT2D eigenvalue weighted by Gasteiger charge is -2.30. The van der Waals surface area contributed by atoms with Gasteiger partial charge in [0.25, 0.3) is 0 Å². The highest BCUT2D eigenvalue weighted by atomic mass is 16.5. The second kappa shape index (κ2) is 7.26. The van der Waals surface area contributed by atoms with Gasteiger partial charge in [-0.2, -0.15) is 0 Å². The maximum absolute atomic E-state index is 12.5. The molecule has 0 aliphatic carbocycles. The number of hydrogen-bond donors (Lipinski definition) is 1. The lowest BCUT2D eigenvalue weighted by Crippen LogP contribution is -2.52. The summed E-state index contributed by atoms with van der Waals surface area (Å²) >= 11 is 0. The van der Waals surface area contributed by atoms with Crippen molar-refractivity contribution < 1.29 is 9.53 Å². The predicted molar refractivity (Wildman–Crippen MR) is 74.8 cm³/mol. The first-order chi connectivity index (χ1) is 9.31. The molecule has 1 amide bonds. The van der Waals surface area contributed by atoms with Gasteiger partial charge in [0.05, 0.1) is 13.2 Å². The van der Waals surface area contributed by atoms with Gasteiger partial charge in [0.1, 0.15) is 6.04 Å². The van der Waals surface area contributed by atoms with Crippen LogP contribution in [0.4, 0.5) is 0 Å². The number of amides is 1.